The van der Waals surface area contributed by atoms with Crippen molar-refractivity contribution in [2.75, 3.05) is 0 Å². The van der Waals surface area contributed by atoms with Crippen molar-refractivity contribution in [2.24, 2.45) is 0 Å². The standard InChI is InChI=1S/C10H14.4C2H6/c1-10(2,3)9-7-5-4-6-8-9;4*1-2/h4-8H,1-3H3;4*1-2H3. The molecule has 1 rings (SSSR count). The zero-order valence-electron chi connectivity index (χ0n) is 14.9. The predicted molar refractivity (Wildman–Crippen MR) is 90.5 cm³/mol. The van der Waals surface area contributed by atoms with E-state index in [9.17, 15) is 0 Å². The molecule has 0 fully saturated rings. The van der Waals surface area contributed by atoms with Crippen LogP contribution < -0.4 is 0 Å². The van der Waals surface area contributed by atoms with Crippen molar-refractivity contribution < 1.29 is 0 Å². The normalized spacial score (nSPS) is 7.72. The van der Waals surface area contributed by atoms with Gasteiger partial charge in [0.15, 0.2) is 0 Å². The molecule has 0 saturated carbocycles. The number of benzene rings is 1. The second-order valence-electron chi connectivity index (χ2n) is 3.62. The fourth-order valence-electron chi connectivity index (χ4n) is 0.938. The van der Waals surface area contributed by atoms with E-state index in [1.165, 1.54) is 5.56 Å². The molecule has 1 aromatic carbocycles. The lowest BCUT2D eigenvalue weighted by atomic mass is 9.87. The van der Waals surface area contributed by atoms with E-state index in [0.29, 0.717) is 5.41 Å². The van der Waals surface area contributed by atoms with E-state index >= 15 is 0 Å². The van der Waals surface area contributed by atoms with E-state index in [4.69, 9.17) is 0 Å². The molecule has 0 aromatic heterocycles. The van der Waals surface area contributed by atoms with Crippen molar-refractivity contribution in [1.29, 1.82) is 0 Å². The molecule has 0 unspecified atom stereocenters. The molecule has 1 aromatic rings. The van der Waals surface area contributed by atoms with Crippen molar-refractivity contribution in [1.82, 2.24) is 0 Å². The van der Waals surface area contributed by atoms with Gasteiger partial charge >= 0.3 is 0 Å². The van der Waals surface area contributed by atoms with Crippen LogP contribution in [0.3, 0.4) is 0 Å². The average Bonchev–Trinajstić information content (AvgIpc) is 2.48. The van der Waals surface area contributed by atoms with Gasteiger partial charge < -0.3 is 0 Å². The Balaban J connectivity index is -0.000000105. The third-order valence-electron chi connectivity index (χ3n) is 1.64. The molecule has 0 nitrogen and oxygen atoms in total. The van der Waals surface area contributed by atoms with Gasteiger partial charge in [0.25, 0.3) is 0 Å². The third-order valence-corrected chi connectivity index (χ3v) is 1.64. The maximum atomic E-state index is 2.22. The highest BCUT2D eigenvalue weighted by Crippen LogP contribution is 2.20. The summed E-state index contributed by atoms with van der Waals surface area (Å²) in [6, 6.07) is 10.6. The number of hydrogen-bond acceptors (Lipinski definition) is 0. The topological polar surface area (TPSA) is 0 Å². The Morgan fingerprint density at radius 1 is 0.556 bits per heavy atom. The molecular weight excluding hydrogens is 216 g/mol. The van der Waals surface area contributed by atoms with Gasteiger partial charge in [-0.1, -0.05) is 106 Å². The number of rotatable bonds is 0. The van der Waals surface area contributed by atoms with E-state index in [1.54, 1.807) is 0 Å². The Labute approximate surface area is 118 Å². The van der Waals surface area contributed by atoms with E-state index in [0.717, 1.165) is 0 Å². The monoisotopic (exact) mass is 254 g/mol. The van der Waals surface area contributed by atoms with Gasteiger partial charge in [-0.2, -0.15) is 0 Å². The van der Waals surface area contributed by atoms with Crippen LogP contribution in [0, 0.1) is 0 Å². The minimum absolute atomic E-state index is 0.293. The fraction of sp³-hybridized carbons (Fsp3) is 0.667. The molecule has 0 heteroatoms. The Morgan fingerprint density at radius 2 is 0.833 bits per heavy atom. The summed E-state index contributed by atoms with van der Waals surface area (Å²) < 4.78 is 0. The van der Waals surface area contributed by atoms with Crippen LogP contribution in [0.15, 0.2) is 30.3 Å². The van der Waals surface area contributed by atoms with E-state index in [1.807, 2.05) is 55.4 Å². The molecule has 0 aliphatic rings. The molecule has 0 radical (unpaired) electrons. The Bertz CT molecular complexity index is 191. The van der Waals surface area contributed by atoms with Gasteiger partial charge in [-0.15, -0.1) is 0 Å². The molecular formula is C18H38. The minimum atomic E-state index is 0.293. The lowest BCUT2D eigenvalue weighted by Gasteiger charge is -2.18. The maximum absolute atomic E-state index is 2.22. The Morgan fingerprint density at radius 3 is 1.00 bits per heavy atom. The van der Waals surface area contributed by atoms with E-state index < -0.39 is 0 Å². The van der Waals surface area contributed by atoms with Gasteiger partial charge in [0, 0.05) is 0 Å². The highest BCUT2D eigenvalue weighted by atomic mass is 14.2. The van der Waals surface area contributed by atoms with Crippen molar-refractivity contribution in [3.63, 3.8) is 0 Å². The van der Waals surface area contributed by atoms with Gasteiger partial charge in [0.2, 0.25) is 0 Å². The smallest absolute Gasteiger partial charge is 0.0132 e. The molecule has 0 saturated heterocycles. The van der Waals surface area contributed by atoms with Crippen LogP contribution in [0.1, 0.15) is 81.7 Å². The molecule has 0 bridgehead atoms. The van der Waals surface area contributed by atoms with Crippen LogP contribution in [0.2, 0.25) is 0 Å². The predicted octanol–water partition coefficient (Wildman–Crippen LogP) is 7.09. The molecule has 110 valence electrons. The molecule has 0 heterocycles. The summed E-state index contributed by atoms with van der Waals surface area (Å²) in [7, 11) is 0. The molecule has 0 amide bonds. The average molecular weight is 255 g/mol. The first kappa shape index (κ1) is 25.9. The molecule has 18 heavy (non-hydrogen) atoms. The first-order valence-corrected chi connectivity index (χ1v) is 7.66. The zero-order chi connectivity index (χ0) is 15.6. The highest BCUT2D eigenvalue weighted by Gasteiger charge is 2.11. The summed E-state index contributed by atoms with van der Waals surface area (Å²) in [5.74, 6) is 0. The van der Waals surface area contributed by atoms with Gasteiger partial charge in [-0.25, -0.2) is 0 Å². The van der Waals surface area contributed by atoms with Crippen molar-refractivity contribution in [2.45, 2.75) is 81.6 Å². The number of hydrogen-bond donors (Lipinski definition) is 0. The third kappa shape index (κ3) is 17.6. The minimum Gasteiger partial charge on any atom is -0.0683 e. The lowest BCUT2D eigenvalue weighted by Crippen LogP contribution is -2.10. The van der Waals surface area contributed by atoms with E-state index in [2.05, 4.69) is 51.1 Å². The second kappa shape index (κ2) is 21.5. The van der Waals surface area contributed by atoms with Crippen LogP contribution in [-0.4, -0.2) is 0 Å². The molecule has 0 aliphatic heterocycles. The van der Waals surface area contributed by atoms with Gasteiger partial charge in [0.1, 0.15) is 0 Å². The summed E-state index contributed by atoms with van der Waals surface area (Å²) in [5.41, 5.74) is 1.69. The van der Waals surface area contributed by atoms with Crippen molar-refractivity contribution in [3.8, 4) is 0 Å². The van der Waals surface area contributed by atoms with E-state index in [-0.39, 0.29) is 0 Å². The zero-order valence-corrected chi connectivity index (χ0v) is 14.9. The van der Waals surface area contributed by atoms with Crippen molar-refractivity contribution in [3.05, 3.63) is 35.9 Å². The first-order valence-electron chi connectivity index (χ1n) is 7.66. The Hall–Kier alpha value is -0.780. The van der Waals surface area contributed by atoms with Gasteiger partial charge in [-0.3, -0.25) is 0 Å². The first-order chi connectivity index (χ1) is 8.61. The summed E-state index contributed by atoms with van der Waals surface area (Å²) in [4.78, 5) is 0. The highest BCUT2D eigenvalue weighted by molar-refractivity contribution is 5.21. The lowest BCUT2D eigenvalue weighted by molar-refractivity contribution is 0.590. The molecule has 0 aliphatic carbocycles. The van der Waals surface area contributed by atoms with Crippen LogP contribution in [0.5, 0.6) is 0 Å². The molecule has 0 atom stereocenters. The largest absolute Gasteiger partial charge is 0.0683 e. The quantitative estimate of drug-likeness (QED) is 0.463. The van der Waals surface area contributed by atoms with Crippen LogP contribution in [0.4, 0.5) is 0 Å². The SMILES string of the molecule is CC.CC.CC.CC.CC(C)(C)c1ccccc1. The van der Waals surface area contributed by atoms with Gasteiger partial charge in [-0.05, 0) is 11.0 Å². The summed E-state index contributed by atoms with van der Waals surface area (Å²) in [6.45, 7) is 22.7. The summed E-state index contributed by atoms with van der Waals surface area (Å²) in [5, 5.41) is 0. The van der Waals surface area contributed by atoms with Crippen LogP contribution in [-0.2, 0) is 5.41 Å². The fourth-order valence-corrected chi connectivity index (χ4v) is 0.938. The summed E-state index contributed by atoms with van der Waals surface area (Å²) >= 11 is 0. The Kier molecular flexibility index (Phi) is 31.0. The summed E-state index contributed by atoms with van der Waals surface area (Å²) in [6.07, 6.45) is 0. The molecule has 0 spiro atoms. The maximum Gasteiger partial charge on any atom is -0.0132 e. The molecule has 0 N–H and O–H groups in total. The second-order valence-corrected chi connectivity index (χ2v) is 3.62. The van der Waals surface area contributed by atoms with Crippen LogP contribution in [0.25, 0.3) is 0 Å². The van der Waals surface area contributed by atoms with Gasteiger partial charge in [0.05, 0.1) is 0 Å². The van der Waals surface area contributed by atoms with Crippen molar-refractivity contribution >= 4 is 0 Å². The van der Waals surface area contributed by atoms with Crippen LogP contribution >= 0.6 is 0 Å².